The highest BCUT2D eigenvalue weighted by Gasteiger charge is 2.14. The largest absolute Gasteiger partial charge is 0.398 e. The zero-order valence-electron chi connectivity index (χ0n) is 10.8. The second-order valence-corrected chi connectivity index (χ2v) is 4.12. The van der Waals surface area contributed by atoms with Crippen molar-refractivity contribution in [2.75, 3.05) is 19.8 Å². The van der Waals surface area contributed by atoms with Crippen molar-refractivity contribution in [2.24, 2.45) is 0 Å². The lowest BCUT2D eigenvalue weighted by Crippen LogP contribution is -2.24. The number of nitrogen functional groups attached to an aromatic ring is 1. The second-order valence-electron chi connectivity index (χ2n) is 4.12. The van der Waals surface area contributed by atoms with Gasteiger partial charge in [-0.2, -0.15) is 5.10 Å². The molecule has 0 saturated heterocycles. The molecular weight excluding hydrogens is 262 g/mol. The third-order valence-corrected chi connectivity index (χ3v) is 2.64. The Balaban J connectivity index is 0.00000180. The molecule has 100 valence electrons. The Morgan fingerprint density at radius 2 is 1.84 bits per heavy atom. The summed E-state index contributed by atoms with van der Waals surface area (Å²) in [5, 5.41) is 15.9. The van der Waals surface area contributed by atoms with Gasteiger partial charge in [0.05, 0.1) is 6.20 Å². The Kier molecular flexibility index (Phi) is 4.83. The van der Waals surface area contributed by atoms with Crippen LogP contribution in [-0.4, -0.2) is 35.0 Å². The summed E-state index contributed by atoms with van der Waals surface area (Å²) in [5.74, 6) is 0.307. The van der Waals surface area contributed by atoms with Crippen LogP contribution in [0.1, 0.15) is 5.69 Å². The summed E-state index contributed by atoms with van der Waals surface area (Å²) in [4.78, 5) is 1.69. The van der Waals surface area contributed by atoms with Gasteiger partial charge in [0, 0.05) is 30.9 Å². The average Bonchev–Trinajstić information content (AvgIpc) is 2.38. The first-order valence-corrected chi connectivity index (χ1v) is 5.54. The quantitative estimate of drug-likeness (QED) is 0.500. The minimum Gasteiger partial charge on any atom is -0.398 e. The van der Waals surface area contributed by atoms with E-state index in [0.29, 0.717) is 17.2 Å². The van der Waals surface area contributed by atoms with Gasteiger partial charge in [-0.1, -0.05) is 18.2 Å². The molecule has 0 atom stereocenters. The van der Waals surface area contributed by atoms with E-state index >= 15 is 0 Å². The summed E-state index contributed by atoms with van der Waals surface area (Å²) in [7, 11) is 3.60. The Morgan fingerprint density at radius 3 is 2.47 bits per heavy atom. The summed E-state index contributed by atoms with van der Waals surface area (Å²) in [6.45, 7) is 0. The minimum atomic E-state index is 0. The van der Waals surface area contributed by atoms with Gasteiger partial charge in [-0.25, -0.2) is 0 Å². The molecule has 0 unspecified atom stereocenters. The lowest BCUT2D eigenvalue weighted by Gasteiger charge is -2.16. The van der Waals surface area contributed by atoms with Crippen molar-refractivity contribution >= 4 is 23.9 Å². The molecule has 0 aliphatic heterocycles. The van der Waals surface area contributed by atoms with Crippen LogP contribution in [-0.2, 0) is 0 Å². The Bertz CT molecular complexity index is 583. The zero-order chi connectivity index (χ0) is 13.1. The minimum absolute atomic E-state index is 0. The van der Waals surface area contributed by atoms with Gasteiger partial charge in [0.1, 0.15) is 11.5 Å². The van der Waals surface area contributed by atoms with Crippen molar-refractivity contribution in [1.29, 1.82) is 5.41 Å². The monoisotopic (exact) mass is 277 g/mol. The van der Waals surface area contributed by atoms with Crippen molar-refractivity contribution in [1.82, 2.24) is 15.1 Å². The zero-order valence-corrected chi connectivity index (χ0v) is 11.6. The van der Waals surface area contributed by atoms with Crippen LogP contribution in [0.5, 0.6) is 0 Å². The standard InChI is InChI=1S/C13H15N5.ClH/c1-18(2)13(15)12-10(7-8-16-17-12)9-5-3-4-6-11(9)14;/h3-8,15H,14H2,1-2H3;1H. The van der Waals surface area contributed by atoms with E-state index in [1.54, 1.807) is 25.2 Å². The van der Waals surface area contributed by atoms with Crippen molar-refractivity contribution in [3.8, 4) is 11.1 Å². The Labute approximate surface area is 118 Å². The lowest BCUT2D eigenvalue weighted by molar-refractivity contribution is 0.615. The number of hydrogen-bond donors (Lipinski definition) is 2. The molecule has 0 aliphatic carbocycles. The predicted molar refractivity (Wildman–Crippen MR) is 79.6 cm³/mol. The summed E-state index contributed by atoms with van der Waals surface area (Å²) in [5.41, 5.74) is 8.85. The van der Waals surface area contributed by atoms with E-state index in [4.69, 9.17) is 11.1 Å². The highest BCUT2D eigenvalue weighted by Crippen LogP contribution is 2.27. The summed E-state index contributed by atoms with van der Waals surface area (Å²) in [6.07, 6.45) is 1.61. The van der Waals surface area contributed by atoms with Gasteiger partial charge in [0.15, 0.2) is 0 Å². The van der Waals surface area contributed by atoms with E-state index < -0.39 is 0 Å². The molecule has 0 aliphatic rings. The molecule has 0 radical (unpaired) electrons. The maximum Gasteiger partial charge on any atom is 0.149 e. The van der Waals surface area contributed by atoms with Crippen LogP contribution in [0.3, 0.4) is 0 Å². The number of amidine groups is 1. The number of aromatic nitrogens is 2. The van der Waals surface area contributed by atoms with Gasteiger partial charge in [0.2, 0.25) is 0 Å². The van der Waals surface area contributed by atoms with Gasteiger partial charge >= 0.3 is 0 Å². The van der Waals surface area contributed by atoms with E-state index in [9.17, 15) is 0 Å². The Hall–Kier alpha value is -2.14. The molecule has 6 heteroatoms. The first kappa shape index (κ1) is 14.9. The van der Waals surface area contributed by atoms with Gasteiger partial charge in [-0.05, 0) is 12.1 Å². The van der Waals surface area contributed by atoms with Crippen LogP contribution in [0.25, 0.3) is 11.1 Å². The van der Waals surface area contributed by atoms with E-state index in [-0.39, 0.29) is 12.4 Å². The first-order chi connectivity index (χ1) is 8.61. The molecule has 0 bridgehead atoms. The van der Waals surface area contributed by atoms with E-state index in [2.05, 4.69) is 10.2 Å². The second kappa shape index (κ2) is 6.15. The third-order valence-electron chi connectivity index (χ3n) is 2.64. The number of hydrogen-bond acceptors (Lipinski definition) is 4. The number of nitrogens with zero attached hydrogens (tertiary/aromatic N) is 3. The van der Waals surface area contributed by atoms with Crippen molar-refractivity contribution in [2.45, 2.75) is 0 Å². The average molecular weight is 278 g/mol. The van der Waals surface area contributed by atoms with Gasteiger partial charge < -0.3 is 10.6 Å². The van der Waals surface area contributed by atoms with Gasteiger partial charge in [-0.3, -0.25) is 5.41 Å². The lowest BCUT2D eigenvalue weighted by atomic mass is 10.0. The molecular formula is C13H16ClN5. The molecule has 1 aromatic heterocycles. The highest BCUT2D eigenvalue weighted by molar-refractivity contribution is 6.01. The number of nitrogens with one attached hydrogen (secondary N) is 1. The number of para-hydroxylation sites is 1. The fraction of sp³-hybridized carbons (Fsp3) is 0.154. The maximum absolute atomic E-state index is 8.03. The molecule has 19 heavy (non-hydrogen) atoms. The molecule has 2 aromatic rings. The van der Waals surface area contributed by atoms with Gasteiger partial charge in [0.25, 0.3) is 0 Å². The van der Waals surface area contributed by atoms with Crippen molar-refractivity contribution < 1.29 is 0 Å². The SMILES string of the molecule is CN(C)C(=N)c1nnccc1-c1ccccc1N.Cl. The summed E-state index contributed by atoms with van der Waals surface area (Å²) in [6, 6.07) is 9.36. The number of nitrogens with two attached hydrogens (primary N) is 1. The van der Waals surface area contributed by atoms with Crippen LogP contribution < -0.4 is 5.73 Å². The molecule has 0 amide bonds. The van der Waals surface area contributed by atoms with E-state index in [1.807, 2.05) is 30.3 Å². The first-order valence-electron chi connectivity index (χ1n) is 5.54. The van der Waals surface area contributed by atoms with Crippen LogP contribution >= 0.6 is 12.4 Å². The van der Waals surface area contributed by atoms with Crippen molar-refractivity contribution in [3.63, 3.8) is 0 Å². The van der Waals surface area contributed by atoms with E-state index in [0.717, 1.165) is 11.1 Å². The van der Waals surface area contributed by atoms with E-state index in [1.165, 1.54) is 0 Å². The Morgan fingerprint density at radius 1 is 1.16 bits per heavy atom. The van der Waals surface area contributed by atoms with Crippen LogP contribution in [0.15, 0.2) is 36.5 Å². The highest BCUT2D eigenvalue weighted by atomic mass is 35.5. The summed E-state index contributed by atoms with van der Waals surface area (Å²) < 4.78 is 0. The topological polar surface area (TPSA) is 78.9 Å². The molecule has 3 N–H and O–H groups in total. The molecule has 5 nitrogen and oxygen atoms in total. The maximum atomic E-state index is 8.03. The molecule has 0 spiro atoms. The summed E-state index contributed by atoms with van der Waals surface area (Å²) >= 11 is 0. The van der Waals surface area contributed by atoms with Crippen LogP contribution in [0.2, 0.25) is 0 Å². The molecule has 2 rings (SSSR count). The molecule has 0 fully saturated rings. The normalized spacial score (nSPS) is 9.58. The predicted octanol–water partition coefficient (Wildman–Crippen LogP) is 2.03. The van der Waals surface area contributed by atoms with Crippen molar-refractivity contribution in [3.05, 3.63) is 42.2 Å². The van der Waals surface area contributed by atoms with Gasteiger partial charge in [-0.15, -0.1) is 17.5 Å². The van der Waals surface area contributed by atoms with Crippen LogP contribution in [0, 0.1) is 5.41 Å². The fourth-order valence-electron chi connectivity index (χ4n) is 1.68. The number of benzene rings is 1. The smallest absolute Gasteiger partial charge is 0.149 e. The third kappa shape index (κ3) is 3.00. The number of anilines is 1. The number of rotatable bonds is 2. The van der Waals surface area contributed by atoms with Crippen LogP contribution in [0.4, 0.5) is 5.69 Å². The molecule has 1 aromatic carbocycles. The number of halogens is 1. The molecule has 0 saturated carbocycles. The fourth-order valence-corrected chi connectivity index (χ4v) is 1.68. The molecule has 1 heterocycles.